The van der Waals surface area contributed by atoms with E-state index in [4.69, 9.17) is 11.6 Å². The molecule has 0 heterocycles. The van der Waals surface area contributed by atoms with Crippen LogP contribution in [0.4, 0.5) is 18.9 Å². The van der Waals surface area contributed by atoms with E-state index in [2.05, 4.69) is 5.32 Å². The van der Waals surface area contributed by atoms with Crippen LogP contribution in [0.15, 0.2) is 83.8 Å². The third-order valence-electron chi connectivity index (χ3n) is 5.78. The van der Waals surface area contributed by atoms with Crippen molar-refractivity contribution < 1.29 is 31.2 Å². The standard InChI is InChI=1S/C26H25ClF3N3O4S/c1-18(25(35)31-2)32(16-19-9-6-7-14-23(19)27)24(34)17-33(38(36,37)22-12-4-3-5-13-22)21-11-8-10-20(15-21)26(28,29)30/h3-15,18H,16-17H2,1-2H3,(H,31,35)/t18-/m0/s1. The molecule has 3 aromatic carbocycles. The smallest absolute Gasteiger partial charge is 0.357 e. The molecule has 0 spiro atoms. The third-order valence-corrected chi connectivity index (χ3v) is 7.94. The Labute approximate surface area is 223 Å². The molecule has 0 saturated carbocycles. The van der Waals surface area contributed by atoms with Crippen molar-refractivity contribution in [3.05, 3.63) is 95.0 Å². The third kappa shape index (κ3) is 6.65. The van der Waals surface area contributed by atoms with Crippen LogP contribution in [0.25, 0.3) is 0 Å². The van der Waals surface area contributed by atoms with Gasteiger partial charge in [0.05, 0.1) is 16.1 Å². The van der Waals surface area contributed by atoms with Crippen LogP contribution in [0.5, 0.6) is 0 Å². The van der Waals surface area contributed by atoms with Gasteiger partial charge in [-0.3, -0.25) is 13.9 Å². The quantitative estimate of drug-likeness (QED) is 0.405. The Balaban J connectivity index is 2.09. The van der Waals surface area contributed by atoms with E-state index in [1.807, 2.05) is 0 Å². The van der Waals surface area contributed by atoms with Gasteiger partial charge in [0, 0.05) is 18.6 Å². The highest BCUT2D eigenvalue weighted by Crippen LogP contribution is 2.33. The minimum absolute atomic E-state index is 0.144. The van der Waals surface area contributed by atoms with Gasteiger partial charge >= 0.3 is 6.18 Å². The molecular weight excluding hydrogens is 543 g/mol. The Kier molecular flexibility index (Phi) is 9.05. The van der Waals surface area contributed by atoms with Crippen LogP contribution in [-0.2, 0) is 32.3 Å². The second-order valence-corrected chi connectivity index (χ2v) is 10.5. The Morgan fingerprint density at radius 2 is 1.61 bits per heavy atom. The van der Waals surface area contributed by atoms with E-state index in [0.717, 1.165) is 17.0 Å². The van der Waals surface area contributed by atoms with Gasteiger partial charge < -0.3 is 10.2 Å². The first-order chi connectivity index (χ1) is 17.9. The molecule has 202 valence electrons. The largest absolute Gasteiger partial charge is 0.416 e. The number of carbonyl (C=O) groups is 2. The SMILES string of the molecule is CNC(=O)[C@H](C)N(Cc1ccccc1Cl)C(=O)CN(c1cccc(C(F)(F)F)c1)S(=O)(=O)c1ccccc1. The van der Waals surface area contributed by atoms with E-state index in [9.17, 15) is 31.2 Å². The lowest BCUT2D eigenvalue weighted by Gasteiger charge is -2.32. The predicted molar refractivity (Wildman–Crippen MR) is 138 cm³/mol. The summed E-state index contributed by atoms with van der Waals surface area (Å²) in [5.74, 6) is -1.35. The molecule has 1 N–H and O–H groups in total. The van der Waals surface area contributed by atoms with Crippen LogP contribution in [0.3, 0.4) is 0 Å². The maximum absolute atomic E-state index is 13.6. The molecule has 2 amide bonds. The summed E-state index contributed by atoms with van der Waals surface area (Å²) in [6, 6.07) is 16.3. The Hall–Kier alpha value is -3.57. The summed E-state index contributed by atoms with van der Waals surface area (Å²) in [5.41, 5.74) is -0.945. The summed E-state index contributed by atoms with van der Waals surface area (Å²) >= 11 is 6.25. The van der Waals surface area contributed by atoms with Gasteiger partial charge in [0.2, 0.25) is 11.8 Å². The molecule has 0 aromatic heterocycles. The molecule has 1 atom stereocenters. The Morgan fingerprint density at radius 3 is 2.21 bits per heavy atom. The maximum atomic E-state index is 13.6. The van der Waals surface area contributed by atoms with E-state index in [1.165, 1.54) is 44.3 Å². The van der Waals surface area contributed by atoms with E-state index < -0.39 is 46.2 Å². The topological polar surface area (TPSA) is 86.8 Å². The van der Waals surface area contributed by atoms with Gasteiger partial charge in [-0.2, -0.15) is 13.2 Å². The first-order valence-electron chi connectivity index (χ1n) is 11.4. The summed E-state index contributed by atoms with van der Waals surface area (Å²) < 4.78 is 68.2. The lowest BCUT2D eigenvalue weighted by Crippen LogP contribution is -2.50. The van der Waals surface area contributed by atoms with Crippen molar-refractivity contribution in [2.45, 2.75) is 30.6 Å². The summed E-state index contributed by atoms with van der Waals surface area (Å²) in [6.07, 6.45) is -4.74. The Bertz CT molecular complexity index is 1400. The van der Waals surface area contributed by atoms with Crippen LogP contribution < -0.4 is 9.62 Å². The molecular formula is C26H25ClF3N3O4S. The van der Waals surface area contributed by atoms with Crippen molar-refractivity contribution in [2.24, 2.45) is 0 Å². The van der Waals surface area contributed by atoms with Gasteiger partial charge in [-0.05, 0) is 48.9 Å². The van der Waals surface area contributed by atoms with Crippen LogP contribution in [0.2, 0.25) is 5.02 Å². The lowest BCUT2D eigenvalue weighted by atomic mass is 10.1. The number of sulfonamides is 1. The molecule has 12 heteroatoms. The number of nitrogens with one attached hydrogen (secondary N) is 1. The summed E-state index contributed by atoms with van der Waals surface area (Å²) in [5, 5.41) is 2.76. The minimum atomic E-state index is -4.74. The van der Waals surface area contributed by atoms with E-state index in [-0.39, 0.29) is 17.1 Å². The van der Waals surface area contributed by atoms with Gasteiger partial charge in [0.1, 0.15) is 12.6 Å². The molecule has 0 unspecified atom stereocenters. The van der Waals surface area contributed by atoms with Gasteiger partial charge in [0.25, 0.3) is 10.0 Å². The summed E-state index contributed by atoms with van der Waals surface area (Å²) in [4.78, 5) is 27.0. The number of rotatable bonds is 9. The van der Waals surface area contributed by atoms with Crippen molar-refractivity contribution in [1.29, 1.82) is 0 Å². The van der Waals surface area contributed by atoms with Crippen molar-refractivity contribution in [1.82, 2.24) is 10.2 Å². The lowest BCUT2D eigenvalue weighted by molar-refractivity contribution is -0.139. The van der Waals surface area contributed by atoms with Gasteiger partial charge in [-0.25, -0.2) is 8.42 Å². The molecule has 0 radical (unpaired) electrons. The van der Waals surface area contributed by atoms with Crippen LogP contribution in [0, 0.1) is 0 Å². The maximum Gasteiger partial charge on any atom is 0.416 e. The average Bonchev–Trinajstić information content (AvgIpc) is 2.90. The molecule has 0 bridgehead atoms. The molecule has 0 aliphatic rings. The zero-order valence-electron chi connectivity index (χ0n) is 20.4. The number of alkyl halides is 3. The number of carbonyl (C=O) groups excluding carboxylic acids is 2. The number of hydrogen-bond donors (Lipinski definition) is 1. The van der Waals surface area contributed by atoms with E-state index in [0.29, 0.717) is 21.0 Å². The van der Waals surface area contributed by atoms with Gasteiger partial charge in [-0.15, -0.1) is 0 Å². The molecule has 0 aliphatic heterocycles. The number of nitrogens with zero attached hydrogens (tertiary/aromatic N) is 2. The highest BCUT2D eigenvalue weighted by molar-refractivity contribution is 7.92. The second kappa shape index (κ2) is 11.9. The molecule has 38 heavy (non-hydrogen) atoms. The molecule has 0 saturated heterocycles. The minimum Gasteiger partial charge on any atom is -0.357 e. The average molecular weight is 568 g/mol. The van der Waals surface area contributed by atoms with E-state index in [1.54, 1.807) is 30.3 Å². The van der Waals surface area contributed by atoms with Gasteiger partial charge in [-0.1, -0.05) is 54.1 Å². The van der Waals surface area contributed by atoms with Crippen molar-refractivity contribution in [3.63, 3.8) is 0 Å². The van der Waals surface area contributed by atoms with Crippen molar-refractivity contribution in [3.8, 4) is 0 Å². The first kappa shape index (κ1) is 29.0. The molecule has 0 aliphatic carbocycles. The number of likely N-dealkylation sites (N-methyl/N-ethyl adjacent to an activating group) is 1. The summed E-state index contributed by atoms with van der Waals surface area (Å²) in [6.45, 7) is 0.438. The fourth-order valence-electron chi connectivity index (χ4n) is 3.69. The number of benzene rings is 3. The highest BCUT2D eigenvalue weighted by atomic mass is 35.5. The second-order valence-electron chi connectivity index (χ2n) is 8.28. The van der Waals surface area contributed by atoms with E-state index >= 15 is 0 Å². The fraction of sp³-hybridized carbons (Fsp3) is 0.231. The molecule has 3 aromatic rings. The van der Waals surface area contributed by atoms with Gasteiger partial charge in [0.15, 0.2) is 0 Å². The fourth-order valence-corrected chi connectivity index (χ4v) is 5.31. The van der Waals surface area contributed by atoms with Crippen molar-refractivity contribution >= 4 is 39.1 Å². The number of halogens is 4. The van der Waals surface area contributed by atoms with Crippen molar-refractivity contribution in [2.75, 3.05) is 17.9 Å². The predicted octanol–water partition coefficient (Wildman–Crippen LogP) is 4.72. The normalized spacial score (nSPS) is 12.5. The highest BCUT2D eigenvalue weighted by Gasteiger charge is 2.35. The number of amides is 2. The molecule has 7 nitrogen and oxygen atoms in total. The number of hydrogen-bond acceptors (Lipinski definition) is 4. The van der Waals surface area contributed by atoms with Crippen LogP contribution >= 0.6 is 11.6 Å². The zero-order chi connectivity index (χ0) is 28.1. The summed E-state index contributed by atoms with van der Waals surface area (Å²) in [7, 11) is -3.10. The number of anilines is 1. The van der Waals surface area contributed by atoms with Crippen LogP contribution in [-0.4, -0.2) is 44.8 Å². The Morgan fingerprint density at radius 1 is 0.974 bits per heavy atom. The zero-order valence-corrected chi connectivity index (χ0v) is 22.0. The monoisotopic (exact) mass is 567 g/mol. The first-order valence-corrected chi connectivity index (χ1v) is 13.2. The van der Waals surface area contributed by atoms with Crippen LogP contribution in [0.1, 0.15) is 18.1 Å². The molecule has 3 rings (SSSR count). The molecule has 0 fully saturated rings.